The number of esters is 1. The first-order valence-electron chi connectivity index (χ1n) is 8.23. The quantitative estimate of drug-likeness (QED) is 0.385. The predicted molar refractivity (Wildman–Crippen MR) is 101 cm³/mol. The van der Waals surface area contributed by atoms with Crippen LogP contribution in [0.5, 0.6) is 0 Å². The summed E-state index contributed by atoms with van der Waals surface area (Å²) < 4.78 is 12.4. The van der Waals surface area contributed by atoms with Gasteiger partial charge in [0.2, 0.25) is 5.89 Å². The average molecular weight is 380 g/mol. The highest BCUT2D eigenvalue weighted by Gasteiger charge is 2.15. The van der Waals surface area contributed by atoms with E-state index in [0.29, 0.717) is 28.1 Å². The van der Waals surface area contributed by atoms with Crippen molar-refractivity contribution in [3.63, 3.8) is 0 Å². The molecule has 1 aromatic carbocycles. The largest absolute Gasteiger partial charge is 0.465 e. The van der Waals surface area contributed by atoms with Gasteiger partial charge >= 0.3 is 5.97 Å². The zero-order valence-corrected chi connectivity index (χ0v) is 15.6. The number of carbonyl (C=O) groups is 1. The molecule has 27 heavy (non-hydrogen) atoms. The maximum atomic E-state index is 11.9. The number of hydrogen-bond acceptors (Lipinski definition) is 7. The van der Waals surface area contributed by atoms with Crippen LogP contribution < -0.4 is 0 Å². The first kappa shape index (κ1) is 17.3. The van der Waals surface area contributed by atoms with Gasteiger partial charge in [-0.25, -0.2) is 9.78 Å². The maximum Gasteiger partial charge on any atom is 0.341 e. The van der Waals surface area contributed by atoms with Crippen molar-refractivity contribution in [2.75, 3.05) is 7.11 Å². The molecular weight excluding hydrogens is 364 g/mol. The molecule has 3 heterocycles. The summed E-state index contributed by atoms with van der Waals surface area (Å²) in [5.74, 6) is 0.626. The Morgan fingerprint density at radius 2 is 2.07 bits per heavy atom. The second kappa shape index (κ2) is 7.24. The number of methoxy groups -OCH3 is 1. The smallest absolute Gasteiger partial charge is 0.341 e. The van der Waals surface area contributed by atoms with Crippen molar-refractivity contribution >= 4 is 23.4 Å². The van der Waals surface area contributed by atoms with Gasteiger partial charge in [0.05, 0.1) is 12.8 Å². The summed E-state index contributed by atoms with van der Waals surface area (Å²) in [5.41, 5.74) is 3.79. The van der Waals surface area contributed by atoms with Gasteiger partial charge in [0.15, 0.2) is 5.65 Å². The summed E-state index contributed by atoms with van der Waals surface area (Å²) in [5, 5.41) is 8.70. The predicted octanol–water partition coefficient (Wildman–Crippen LogP) is 3.77. The number of ether oxygens (including phenoxy) is 1. The molecule has 0 fully saturated rings. The lowest BCUT2D eigenvalue weighted by Crippen LogP contribution is -2.03. The molecule has 0 spiro atoms. The maximum absolute atomic E-state index is 11.9. The number of carbonyl (C=O) groups excluding carboxylic acids is 1. The molecule has 0 amide bonds. The fourth-order valence-electron chi connectivity index (χ4n) is 2.73. The van der Waals surface area contributed by atoms with Crippen LogP contribution in [0.3, 0.4) is 0 Å². The van der Waals surface area contributed by atoms with Gasteiger partial charge in [-0.3, -0.25) is 0 Å². The molecule has 7 nitrogen and oxygen atoms in total. The van der Waals surface area contributed by atoms with Crippen LogP contribution in [0.15, 0.2) is 58.4 Å². The normalized spacial score (nSPS) is 11.0. The molecule has 0 unspecified atom stereocenters. The van der Waals surface area contributed by atoms with Crippen molar-refractivity contribution in [3.05, 3.63) is 65.6 Å². The molecule has 0 bridgehead atoms. The van der Waals surface area contributed by atoms with Crippen LogP contribution in [-0.2, 0) is 10.5 Å². The van der Waals surface area contributed by atoms with Crippen LogP contribution in [0.4, 0.5) is 0 Å². The first-order chi connectivity index (χ1) is 13.2. The number of fused-ring (bicyclic) bond motifs is 1. The third-order valence-corrected chi connectivity index (χ3v) is 4.92. The molecule has 0 aliphatic heterocycles. The molecule has 0 saturated heterocycles. The molecule has 8 heteroatoms. The monoisotopic (exact) mass is 380 g/mol. The second-order valence-corrected chi connectivity index (χ2v) is 6.78. The number of pyridine rings is 1. The van der Waals surface area contributed by atoms with E-state index in [4.69, 9.17) is 9.15 Å². The van der Waals surface area contributed by atoms with Gasteiger partial charge in [-0.2, -0.15) is 0 Å². The number of imidazole rings is 1. The van der Waals surface area contributed by atoms with Crippen molar-refractivity contribution in [1.82, 2.24) is 19.6 Å². The Morgan fingerprint density at radius 3 is 2.89 bits per heavy atom. The molecule has 0 atom stereocenters. The average Bonchev–Trinajstić information content (AvgIpc) is 3.32. The SMILES string of the molecule is COC(=O)c1cccn2cc(CSc3nnc(-c4ccccc4C)o3)nc12. The van der Waals surface area contributed by atoms with E-state index in [-0.39, 0.29) is 0 Å². The minimum atomic E-state index is -0.412. The van der Waals surface area contributed by atoms with Gasteiger partial charge in [-0.05, 0) is 30.7 Å². The molecule has 0 saturated carbocycles. The van der Waals surface area contributed by atoms with Crippen LogP contribution >= 0.6 is 11.8 Å². The second-order valence-electron chi connectivity index (χ2n) is 5.85. The molecule has 4 rings (SSSR count). The van der Waals surface area contributed by atoms with Crippen molar-refractivity contribution in [3.8, 4) is 11.5 Å². The van der Waals surface area contributed by atoms with Crippen molar-refractivity contribution < 1.29 is 13.9 Å². The Kier molecular flexibility index (Phi) is 4.64. The number of rotatable bonds is 5. The van der Waals surface area contributed by atoms with Gasteiger partial charge in [0.25, 0.3) is 5.22 Å². The summed E-state index contributed by atoms with van der Waals surface area (Å²) in [7, 11) is 1.35. The van der Waals surface area contributed by atoms with E-state index in [1.165, 1.54) is 18.9 Å². The lowest BCUT2D eigenvalue weighted by Gasteiger charge is -2.00. The van der Waals surface area contributed by atoms with Crippen molar-refractivity contribution in [2.24, 2.45) is 0 Å². The van der Waals surface area contributed by atoms with Gasteiger partial charge in [-0.15, -0.1) is 10.2 Å². The highest BCUT2D eigenvalue weighted by molar-refractivity contribution is 7.98. The molecule has 0 N–H and O–H groups in total. The lowest BCUT2D eigenvalue weighted by atomic mass is 10.1. The number of benzene rings is 1. The molecule has 0 aliphatic rings. The van der Waals surface area contributed by atoms with Gasteiger partial charge in [-0.1, -0.05) is 30.0 Å². The molecule has 136 valence electrons. The van der Waals surface area contributed by atoms with Gasteiger partial charge < -0.3 is 13.6 Å². The Hall–Kier alpha value is -3.13. The fourth-order valence-corrected chi connectivity index (χ4v) is 3.37. The van der Waals surface area contributed by atoms with Gasteiger partial charge in [0, 0.05) is 23.7 Å². The highest BCUT2D eigenvalue weighted by atomic mass is 32.2. The number of aromatic nitrogens is 4. The van der Waals surface area contributed by atoms with Crippen LogP contribution in [0.1, 0.15) is 21.6 Å². The Labute approximate surface area is 159 Å². The standard InChI is InChI=1S/C19H16N4O3S/c1-12-6-3-4-7-14(12)17-21-22-19(26-17)27-11-13-10-23-9-5-8-15(16(23)20-13)18(24)25-2/h3-10H,11H2,1-2H3. The zero-order valence-electron chi connectivity index (χ0n) is 14.7. The summed E-state index contributed by atoms with van der Waals surface area (Å²) >= 11 is 1.40. The number of thioether (sulfide) groups is 1. The van der Waals surface area contributed by atoms with E-state index in [1.807, 2.05) is 43.6 Å². The Balaban J connectivity index is 1.53. The summed E-state index contributed by atoms with van der Waals surface area (Å²) in [4.78, 5) is 16.4. The topological polar surface area (TPSA) is 82.5 Å². The van der Waals surface area contributed by atoms with Crippen LogP contribution in [-0.4, -0.2) is 32.7 Å². The van der Waals surface area contributed by atoms with E-state index in [9.17, 15) is 4.79 Å². The summed E-state index contributed by atoms with van der Waals surface area (Å²) in [6.45, 7) is 2.00. The summed E-state index contributed by atoms with van der Waals surface area (Å²) in [6, 6.07) is 11.3. The van der Waals surface area contributed by atoms with E-state index >= 15 is 0 Å². The Bertz CT molecular complexity index is 1120. The third kappa shape index (κ3) is 3.43. The molecule has 0 aliphatic carbocycles. The van der Waals surface area contributed by atoms with E-state index in [2.05, 4.69) is 15.2 Å². The van der Waals surface area contributed by atoms with Crippen molar-refractivity contribution in [2.45, 2.75) is 17.9 Å². The minimum Gasteiger partial charge on any atom is -0.465 e. The lowest BCUT2D eigenvalue weighted by molar-refractivity contribution is 0.0602. The van der Waals surface area contributed by atoms with Crippen molar-refractivity contribution in [1.29, 1.82) is 0 Å². The molecule has 0 radical (unpaired) electrons. The molecular formula is C19H16N4O3S. The fraction of sp³-hybridized carbons (Fsp3) is 0.158. The van der Waals surface area contributed by atoms with Gasteiger partial charge in [0.1, 0.15) is 5.56 Å². The number of aryl methyl sites for hydroxylation is 1. The molecule has 3 aromatic heterocycles. The number of hydrogen-bond donors (Lipinski definition) is 0. The molecule has 4 aromatic rings. The third-order valence-electron chi connectivity index (χ3n) is 4.06. The number of nitrogens with zero attached hydrogens (tertiary/aromatic N) is 4. The van der Waals surface area contributed by atoms with E-state index < -0.39 is 5.97 Å². The van der Waals surface area contributed by atoms with Crippen LogP contribution in [0, 0.1) is 6.92 Å². The summed E-state index contributed by atoms with van der Waals surface area (Å²) in [6.07, 6.45) is 3.71. The highest BCUT2D eigenvalue weighted by Crippen LogP contribution is 2.27. The van der Waals surface area contributed by atoms with Crippen LogP contribution in [0.25, 0.3) is 17.1 Å². The van der Waals surface area contributed by atoms with Crippen LogP contribution in [0.2, 0.25) is 0 Å². The Morgan fingerprint density at radius 1 is 1.22 bits per heavy atom. The first-order valence-corrected chi connectivity index (χ1v) is 9.21. The van der Waals surface area contributed by atoms with E-state index in [0.717, 1.165) is 16.8 Å². The van der Waals surface area contributed by atoms with E-state index in [1.54, 1.807) is 16.5 Å². The zero-order chi connectivity index (χ0) is 18.8. The minimum absolute atomic E-state index is 0.412.